The van der Waals surface area contributed by atoms with Gasteiger partial charge >= 0.3 is 0 Å². The lowest BCUT2D eigenvalue weighted by Gasteiger charge is -2.27. The van der Waals surface area contributed by atoms with Crippen LogP contribution < -0.4 is 0 Å². The number of rotatable bonds is 2. The van der Waals surface area contributed by atoms with Crippen molar-refractivity contribution >= 4 is 11.5 Å². The fourth-order valence-corrected chi connectivity index (χ4v) is 3.03. The number of aryl methyl sites for hydroxylation is 2. The van der Waals surface area contributed by atoms with Crippen LogP contribution in [-0.4, -0.2) is 23.9 Å². The summed E-state index contributed by atoms with van der Waals surface area (Å²) in [6, 6.07) is 10.4. The zero-order valence-corrected chi connectivity index (χ0v) is 13.3. The average Bonchev–Trinajstić information content (AvgIpc) is 2.80. The molecular weight excluding hydrogens is 274 g/mol. The Hall–Kier alpha value is -2.29. The topological polar surface area (TPSA) is 33.5 Å². The molecular formula is C19H21NO2. The van der Waals surface area contributed by atoms with Crippen molar-refractivity contribution < 1.29 is 9.21 Å². The summed E-state index contributed by atoms with van der Waals surface area (Å²) in [6.45, 7) is 7.13. The van der Waals surface area contributed by atoms with Crippen LogP contribution in [0.5, 0.6) is 0 Å². The second-order valence-corrected chi connectivity index (χ2v) is 5.81. The molecule has 0 unspecified atom stereocenters. The van der Waals surface area contributed by atoms with Crippen molar-refractivity contribution in [2.75, 3.05) is 13.1 Å². The van der Waals surface area contributed by atoms with Crippen LogP contribution >= 0.6 is 0 Å². The van der Waals surface area contributed by atoms with Gasteiger partial charge in [-0.1, -0.05) is 36.4 Å². The van der Waals surface area contributed by atoms with Crippen molar-refractivity contribution in [3.63, 3.8) is 0 Å². The van der Waals surface area contributed by atoms with Crippen molar-refractivity contribution in [3.8, 4) is 0 Å². The van der Waals surface area contributed by atoms with Gasteiger partial charge in [-0.05, 0) is 38.3 Å². The first-order chi connectivity index (χ1) is 10.6. The molecule has 114 valence electrons. The second-order valence-electron chi connectivity index (χ2n) is 5.81. The molecule has 1 aliphatic rings. The number of nitrogens with zero attached hydrogens (tertiary/aromatic N) is 1. The molecule has 3 rings (SSSR count). The lowest BCUT2D eigenvalue weighted by molar-refractivity contribution is 0.0770. The minimum absolute atomic E-state index is 0.0789. The molecule has 0 N–H and O–H groups in total. The van der Waals surface area contributed by atoms with Crippen molar-refractivity contribution in [3.05, 3.63) is 64.6 Å². The normalized spacial score (nSPS) is 14.9. The van der Waals surface area contributed by atoms with E-state index in [2.05, 4.69) is 30.3 Å². The van der Waals surface area contributed by atoms with Crippen LogP contribution in [0.1, 0.15) is 39.4 Å². The summed E-state index contributed by atoms with van der Waals surface area (Å²) in [7, 11) is 0. The molecule has 0 aliphatic carbocycles. The van der Waals surface area contributed by atoms with Crippen LogP contribution in [0.15, 0.2) is 40.8 Å². The molecule has 1 aromatic carbocycles. The van der Waals surface area contributed by atoms with Gasteiger partial charge in [0.15, 0.2) is 0 Å². The monoisotopic (exact) mass is 295 g/mol. The minimum atomic E-state index is 0.0789. The van der Waals surface area contributed by atoms with Gasteiger partial charge in [-0.2, -0.15) is 0 Å². The van der Waals surface area contributed by atoms with E-state index in [0.717, 1.165) is 35.6 Å². The fraction of sp³-hybridized carbons (Fsp3) is 0.316. The molecule has 2 heterocycles. The molecule has 1 amide bonds. The van der Waals surface area contributed by atoms with Gasteiger partial charge in [0, 0.05) is 18.7 Å². The highest BCUT2D eigenvalue weighted by molar-refractivity contribution is 5.97. The molecule has 0 saturated heterocycles. The van der Waals surface area contributed by atoms with E-state index >= 15 is 0 Å². The van der Waals surface area contributed by atoms with Crippen LogP contribution in [0, 0.1) is 20.8 Å². The van der Waals surface area contributed by atoms with Crippen LogP contribution in [-0.2, 0) is 0 Å². The Balaban J connectivity index is 1.79. The van der Waals surface area contributed by atoms with Crippen LogP contribution in [0.3, 0.4) is 0 Å². The summed E-state index contributed by atoms with van der Waals surface area (Å²) in [6.07, 6.45) is 3.05. The van der Waals surface area contributed by atoms with Gasteiger partial charge in [0.1, 0.15) is 11.5 Å². The smallest absolute Gasteiger partial charge is 0.257 e. The molecule has 2 aromatic rings. The Morgan fingerprint density at radius 2 is 1.82 bits per heavy atom. The number of hydrogen-bond donors (Lipinski definition) is 0. The largest absolute Gasteiger partial charge is 0.466 e. The zero-order valence-electron chi connectivity index (χ0n) is 13.3. The standard InChI is InChI=1S/C19H21NO2/c1-13-14(2)22-15(3)18(13)19(21)20-11-9-17(10-12-20)16-7-5-4-6-8-16/h4-9H,10-12H2,1-3H3. The van der Waals surface area contributed by atoms with Crippen LogP contribution in [0.25, 0.3) is 5.57 Å². The van der Waals surface area contributed by atoms with Gasteiger partial charge in [0.2, 0.25) is 0 Å². The molecule has 3 heteroatoms. The summed E-state index contributed by atoms with van der Waals surface area (Å²) in [5.41, 5.74) is 4.26. The zero-order chi connectivity index (χ0) is 15.7. The quantitative estimate of drug-likeness (QED) is 0.834. The van der Waals surface area contributed by atoms with E-state index in [1.165, 1.54) is 11.1 Å². The van der Waals surface area contributed by atoms with Gasteiger partial charge in [-0.3, -0.25) is 4.79 Å². The van der Waals surface area contributed by atoms with Gasteiger partial charge in [0.25, 0.3) is 5.91 Å². The maximum atomic E-state index is 12.7. The van der Waals surface area contributed by atoms with E-state index in [1.54, 1.807) is 0 Å². The maximum Gasteiger partial charge on any atom is 0.257 e. The third kappa shape index (κ3) is 2.59. The number of carbonyl (C=O) groups excluding carboxylic acids is 1. The minimum Gasteiger partial charge on any atom is -0.466 e. The summed E-state index contributed by atoms with van der Waals surface area (Å²) < 4.78 is 5.58. The molecule has 0 bridgehead atoms. The average molecular weight is 295 g/mol. The van der Waals surface area contributed by atoms with Gasteiger partial charge < -0.3 is 9.32 Å². The molecule has 0 saturated carbocycles. The molecule has 1 aliphatic heterocycles. The number of benzene rings is 1. The predicted octanol–water partition coefficient (Wildman–Crippen LogP) is 4.13. The first-order valence-electron chi connectivity index (χ1n) is 7.68. The lowest BCUT2D eigenvalue weighted by Crippen LogP contribution is -2.35. The van der Waals surface area contributed by atoms with Crippen LogP contribution in [0.4, 0.5) is 0 Å². The van der Waals surface area contributed by atoms with E-state index in [4.69, 9.17) is 4.42 Å². The third-order valence-electron chi connectivity index (χ3n) is 4.42. The Kier molecular flexibility index (Phi) is 3.88. The summed E-state index contributed by atoms with van der Waals surface area (Å²) in [4.78, 5) is 14.6. The van der Waals surface area contributed by atoms with Crippen molar-refractivity contribution in [1.82, 2.24) is 4.90 Å². The predicted molar refractivity (Wildman–Crippen MR) is 87.9 cm³/mol. The highest BCUT2D eigenvalue weighted by Crippen LogP contribution is 2.26. The number of furan rings is 1. The van der Waals surface area contributed by atoms with E-state index in [0.29, 0.717) is 6.54 Å². The highest BCUT2D eigenvalue weighted by atomic mass is 16.3. The first-order valence-corrected chi connectivity index (χ1v) is 7.68. The molecule has 0 spiro atoms. The SMILES string of the molecule is Cc1oc(C)c(C(=O)N2CC=C(c3ccccc3)CC2)c1C. The molecule has 0 fully saturated rings. The molecule has 22 heavy (non-hydrogen) atoms. The number of hydrogen-bond acceptors (Lipinski definition) is 2. The Bertz CT molecular complexity index is 725. The molecule has 0 radical (unpaired) electrons. The number of carbonyl (C=O) groups is 1. The van der Waals surface area contributed by atoms with Crippen molar-refractivity contribution in [1.29, 1.82) is 0 Å². The van der Waals surface area contributed by atoms with Crippen molar-refractivity contribution in [2.24, 2.45) is 0 Å². The first kappa shape index (κ1) is 14.6. The summed E-state index contributed by atoms with van der Waals surface area (Å²) in [5.74, 6) is 1.63. The molecule has 3 nitrogen and oxygen atoms in total. The Labute approximate surface area is 131 Å². The van der Waals surface area contributed by atoms with E-state index < -0.39 is 0 Å². The molecule has 1 aromatic heterocycles. The Morgan fingerprint density at radius 3 is 2.36 bits per heavy atom. The number of amides is 1. The van der Waals surface area contributed by atoms with Crippen LogP contribution in [0.2, 0.25) is 0 Å². The van der Waals surface area contributed by atoms with Gasteiger partial charge in [-0.25, -0.2) is 0 Å². The maximum absolute atomic E-state index is 12.7. The third-order valence-corrected chi connectivity index (χ3v) is 4.42. The molecule has 0 atom stereocenters. The second kappa shape index (κ2) is 5.84. The van der Waals surface area contributed by atoms with Gasteiger partial charge in [-0.15, -0.1) is 0 Å². The van der Waals surface area contributed by atoms with Crippen molar-refractivity contribution in [2.45, 2.75) is 27.2 Å². The Morgan fingerprint density at radius 1 is 1.09 bits per heavy atom. The summed E-state index contributed by atoms with van der Waals surface area (Å²) >= 11 is 0. The van der Waals surface area contributed by atoms with E-state index in [1.807, 2.05) is 31.7 Å². The van der Waals surface area contributed by atoms with E-state index in [-0.39, 0.29) is 5.91 Å². The van der Waals surface area contributed by atoms with E-state index in [9.17, 15) is 4.79 Å². The fourth-order valence-electron chi connectivity index (χ4n) is 3.03. The lowest BCUT2D eigenvalue weighted by atomic mass is 9.99. The highest BCUT2D eigenvalue weighted by Gasteiger charge is 2.25. The van der Waals surface area contributed by atoms with Gasteiger partial charge in [0.05, 0.1) is 5.56 Å². The summed E-state index contributed by atoms with van der Waals surface area (Å²) in [5, 5.41) is 0.